The molecule has 0 bridgehead atoms. The van der Waals surface area contributed by atoms with Gasteiger partial charge in [0.05, 0.1) is 23.7 Å². The van der Waals surface area contributed by atoms with Gasteiger partial charge in [-0.15, -0.1) is 0 Å². The third-order valence-electron chi connectivity index (χ3n) is 2.20. The topological polar surface area (TPSA) is 33.0 Å². The molecule has 0 amide bonds. The number of hydrogen-bond acceptors (Lipinski definition) is 3. The van der Waals surface area contributed by atoms with Crippen molar-refractivity contribution in [3.8, 4) is 11.8 Å². The first-order valence-corrected chi connectivity index (χ1v) is 5.77. The molecule has 1 aromatic carbocycles. The van der Waals surface area contributed by atoms with Crippen LogP contribution in [-0.2, 0) is 0 Å². The SMILES string of the molecule is CC(C)C(C)SOc1cccc(C#N)c1. The zero-order chi connectivity index (χ0) is 11.3. The molecule has 0 N–H and O–H groups in total. The third-order valence-corrected chi connectivity index (χ3v) is 3.33. The van der Waals surface area contributed by atoms with Gasteiger partial charge in [-0.3, -0.25) is 0 Å². The van der Waals surface area contributed by atoms with Crippen LogP contribution >= 0.6 is 12.0 Å². The summed E-state index contributed by atoms with van der Waals surface area (Å²) in [4.78, 5) is 0. The minimum Gasteiger partial charge on any atom is -0.425 e. The molecule has 0 aromatic heterocycles. The van der Waals surface area contributed by atoms with Crippen LogP contribution in [0, 0.1) is 17.2 Å². The maximum absolute atomic E-state index is 8.72. The summed E-state index contributed by atoms with van der Waals surface area (Å²) in [5.74, 6) is 1.32. The largest absolute Gasteiger partial charge is 0.425 e. The highest BCUT2D eigenvalue weighted by Gasteiger charge is 2.09. The molecule has 0 heterocycles. The summed E-state index contributed by atoms with van der Waals surface area (Å²) < 4.78 is 5.54. The summed E-state index contributed by atoms with van der Waals surface area (Å²) >= 11 is 1.45. The molecule has 0 fully saturated rings. The number of benzene rings is 1. The molecule has 2 nitrogen and oxygen atoms in total. The van der Waals surface area contributed by atoms with Crippen molar-refractivity contribution >= 4 is 12.0 Å². The normalized spacial score (nSPS) is 12.2. The van der Waals surface area contributed by atoms with E-state index in [1.807, 2.05) is 12.1 Å². The molecule has 1 aromatic rings. The van der Waals surface area contributed by atoms with Crippen molar-refractivity contribution in [1.29, 1.82) is 5.26 Å². The van der Waals surface area contributed by atoms with Gasteiger partial charge in [0.25, 0.3) is 0 Å². The highest BCUT2D eigenvalue weighted by atomic mass is 32.2. The number of rotatable bonds is 4. The first-order chi connectivity index (χ1) is 7.13. The standard InChI is InChI=1S/C12H15NOS/c1-9(2)10(3)15-14-12-6-4-5-11(7-12)8-13/h4-7,9-10H,1-3H3. The van der Waals surface area contributed by atoms with Gasteiger partial charge in [-0.2, -0.15) is 5.26 Å². The summed E-state index contributed by atoms with van der Waals surface area (Å²) in [6.07, 6.45) is 0. The van der Waals surface area contributed by atoms with Gasteiger partial charge in [-0.1, -0.05) is 19.9 Å². The molecule has 0 radical (unpaired) electrons. The lowest BCUT2D eigenvalue weighted by atomic mass is 10.2. The summed E-state index contributed by atoms with van der Waals surface area (Å²) in [5.41, 5.74) is 0.630. The number of nitriles is 1. The monoisotopic (exact) mass is 221 g/mol. The predicted molar refractivity (Wildman–Crippen MR) is 63.7 cm³/mol. The lowest BCUT2D eigenvalue weighted by Gasteiger charge is -2.14. The second-order valence-electron chi connectivity index (χ2n) is 3.77. The Labute approximate surface area is 95.5 Å². The Morgan fingerprint density at radius 1 is 1.33 bits per heavy atom. The first kappa shape index (κ1) is 11.9. The third kappa shape index (κ3) is 3.85. The van der Waals surface area contributed by atoms with Crippen molar-refractivity contribution in [2.24, 2.45) is 5.92 Å². The molecule has 0 aliphatic carbocycles. The van der Waals surface area contributed by atoms with Crippen LogP contribution in [0.2, 0.25) is 0 Å². The van der Waals surface area contributed by atoms with E-state index in [0.29, 0.717) is 16.7 Å². The van der Waals surface area contributed by atoms with Crippen LogP contribution in [0.4, 0.5) is 0 Å². The molecular weight excluding hydrogens is 206 g/mol. The molecule has 3 heteroatoms. The Kier molecular flexibility index (Phi) is 4.51. The van der Waals surface area contributed by atoms with Crippen molar-refractivity contribution < 1.29 is 4.18 Å². The minimum atomic E-state index is 0.441. The smallest absolute Gasteiger partial charge is 0.138 e. The lowest BCUT2D eigenvalue weighted by molar-refractivity contribution is 0.587. The average molecular weight is 221 g/mol. The fourth-order valence-electron chi connectivity index (χ4n) is 0.860. The van der Waals surface area contributed by atoms with E-state index in [1.165, 1.54) is 12.0 Å². The Hall–Kier alpha value is -1.14. The van der Waals surface area contributed by atoms with E-state index in [4.69, 9.17) is 9.44 Å². The maximum atomic E-state index is 8.72. The molecule has 1 rings (SSSR count). The fourth-order valence-corrected chi connectivity index (χ4v) is 1.45. The van der Waals surface area contributed by atoms with E-state index >= 15 is 0 Å². The Balaban J connectivity index is 2.55. The molecule has 0 aliphatic heterocycles. The molecule has 0 aliphatic rings. The van der Waals surface area contributed by atoms with Crippen LogP contribution < -0.4 is 4.18 Å². The zero-order valence-corrected chi connectivity index (χ0v) is 10.0. The molecule has 15 heavy (non-hydrogen) atoms. The van der Waals surface area contributed by atoms with Crippen molar-refractivity contribution in [1.82, 2.24) is 0 Å². The second-order valence-corrected chi connectivity index (χ2v) is 4.87. The van der Waals surface area contributed by atoms with Crippen LogP contribution in [0.25, 0.3) is 0 Å². The summed E-state index contributed by atoms with van der Waals surface area (Å²) in [6, 6.07) is 9.30. The van der Waals surface area contributed by atoms with Crippen LogP contribution in [0.3, 0.4) is 0 Å². The molecule has 80 valence electrons. The summed E-state index contributed by atoms with van der Waals surface area (Å²) in [7, 11) is 0. The van der Waals surface area contributed by atoms with E-state index < -0.39 is 0 Å². The molecular formula is C12H15NOS. The zero-order valence-electron chi connectivity index (χ0n) is 9.23. The maximum Gasteiger partial charge on any atom is 0.138 e. The number of hydrogen-bond donors (Lipinski definition) is 0. The van der Waals surface area contributed by atoms with E-state index in [9.17, 15) is 0 Å². The van der Waals surface area contributed by atoms with Crippen LogP contribution in [-0.4, -0.2) is 5.25 Å². The lowest BCUT2D eigenvalue weighted by Crippen LogP contribution is -2.07. The Bertz CT molecular complexity index is 357. The van der Waals surface area contributed by atoms with Crippen LogP contribution in [0.15, 0.2) is 24.3 Å². The summed E-state index contributed by atoms with van der Waals surface area (Å²) in [5, 5.41) is 9.16. The van der Waals surface area contributed by atoms with E-state index in [1.54, 1.807) is 12.1 Å². The Morgan fingerprint density at radius 2 is 2.07 bits per heavy atom. The molecule has 0 spiro atoms. The van der Waals surface area contributed by atoms with Crippen molar-refractivity contribution in [2.45, 2.75) is 26.0 Å². The van der Waals surface area contributed by atoms with Crippen molar-refractivity contribution in [3.63, 3.8) is 0 Å². The van der Waals surface area contributed by atoms with Gasteiger partial charge < -0.3 is 4.18 Å². The molecule has 0 saturated carbocycles. The molecule has 1 unspecified atom stereocenters. The predicted octanol–water partition coefficient (Wildman–Crippen LogP) is 3.63. The van der Waals surface area contributed by atoms with Crippen molar-refractivity contribution in [3.05, 3.63) is 29.8 Å². The quantitative estimate of drug-likeness (QED) is 0.728. The highest BCUT2D eigenvalue weighted by molar-refractivity contribution is 7.95. The van der Waals surface area contributed by atoms with Gasteiger partial charge in [0, 0.05) is 5.25 Å². The van der Waals surface area contributed by atoms with Crippen LogP contribution in [0.5, 0.6) is 5.75 Å². The summed E-state index contributed by atoms with van der Waals surface area (Å²) in [6.45, 7) is 6.45. The fraction of sp³-hybridized carbons (Fsp3) is 0.417. The van der Waals surface area contributed by atoms with Gasteiger partial charge in [-0.05, 0) is 31.0 Å². The van der Waals surface area contributed by atoms with Gasteiger partial charge in [0.15, 0.2) is 0 Å². The van der Waals surface area contributed by atoms with Gasteiger partial charge in [0.2, 0.25) is 0 Å². The van der Waals surface area contributed by atoms with Gasteiger partial charge >= 0.3 is 0 Å². The van der Waals surface area contributed by atoms with Gasteiger partial charge in [-0.25, -0.2) is 0 Å². The van der Waals surface area contributed by atoms with E-state index in [2.05, 4.69) is 26.8 Å². The highest BCUT2D eigenvalue weighted by Crippen LogP contribution is 2.24. The molecule has 0 saturated heterocycles. The minimum absolute atomic E-state index is 0.441. The second kappa shape index (κ2) is 5.67. The van der Waals surface area contributed by atoms with E-state index in [-0.39, 0.29) is 0 Å². The number of nitrogens with zero attached hydrogens (tertiary/aromatic N) is 1. The average Bonchev–Trinajstić information content (AvgIpc) is 2.26. The van der Waals surface area contributed by atoms with Crippen molar-refractivity contribution in [2.75, 3.05) is 0 Å². The van der Waals surface area contributed by atoms with Crippen LogP contribution in [0.1, 0.15) is 26.3 Å². The first-order valence-electron chi connectivity index (χ1n) is 4.97. The van der Waals surface area contributed by atoms with E-state index in [0.717, 1.165) is 5.75 Å². The van der Waals surface area contributed by atoms with Gasteiger partial charge in [0.1, 0.15) is 5.75 Å². The Morgan fingerprint density at radius 3 is 2.67 bits per heavy atom. The molecule has 1 atom stereocenters.